The summed E-state index contributed by atoms with van der Waals surface area (Å²) in [4.78, 5) is 4.02. The summed E-state index contributed by atoms with van der Waals surface area (Å²) in [5, 5.41) is 0. The van der Waals surface area contributed by atoms with Gasteiger partial charge in [-0.15, -0.1) is 0 Å². The molecule has 68 valence electrons. The van der Waals surface area contributed by atoms with Gasteiger partial charge >= 0.3 is 0 Å². The smallest absolute Gasteiger partial charge is 0.0951 e. The van der Waals surface area contributed by atoms with E-state index in [0.717, 1.165) is 5.69 Å². The summed E-state index contributed by atoms with van der Waals surface area (Å²) in [6.45, 7) is 3.28. The number of methoxy groups -OCH3 is 1. The number of hydrogen-bond donors (Lipinski definition) is 1. The normalized spacial score (nSPS) is 13.2. The minimum absolute atomic E-state index is 0.302. The van der Waals surface area contributed by atoms with Crippen molar-refractivity contribution < 1.29 is 4.74 Å². The van der Waals surface area contributed by atoms with Crippen LogP contribution in [0.15, 0.2) is 12.5 Å². The summed E-state index contributed by atoms with van der Waals surface area (Å²) >= 11 is 0. The molecule has 1 aromatic rings. The quantitative estimate of drug-likeness (QED) is 0.716. The number of nitrogens with zero attached hydrogens (tertiary/aromatic N) is 2. The fourth-order valence-corrected chi connectivity index (χ4v) is 1.21. The van der Waals surface area contributed by atoms with Crippen LogP contribution in [0.2, 0.25) is 0 Å². The van der Waals surface area contributed by atoms with Gasteiger partial charge in [-0.05, 0) is 6.92 Å². The van der Waals surface area contributed by atoms with Crippen LogP contribution in [0.5, 0.6) is 0 Å². The summed E-state index contributed by atoms with van der Waals surface area (Å²) in [5.41, 5.74) is 6.57. The molecular formula is C8H15N3O. The van der Waals surface area contributed by atoms with Crippen LogP contribution in [0.1, 0.15) is 18.7 Å². The maximum absolute atomic E-state index is 5.53. The predicted molar refractivity (Wildman–Crippen MR) is 46.7 cm³/mol. The molecule has 1 aromatic heterocycles. The van der Waals surface area contributed by atoms with E-state index in [2.05, 4.69) is 11.9 Å². The van der Waals surface area contributed by atoms with Crippen LogP contribution in [0.25, 0.3) is 0 Å². The van der Waals surface area contributed by atoms with Gasteiger partial charge < -0.3 is 15.0 Å². The lowest BCUT2D eigenvalue weighted by molar-refractivity contribution is 0.161. The predicted octanol–water partition coefficient (Wildman–Crippen LogP) is 0.549. The minimum Gasteiger partial charge on any atom is -0.383 e. The van der Waals surface area contributed by atoms with Crippen molar-refractivity contribution in [2.75, 3.05) is 13.7 Å². The second-order valence-corrected chi connectivity index (χ2v) is 2.80. The Kier molecular flexibility index (Phi) is 3.25. The monoisotopic (exact) mass is 169 g/mol. The molecule has 0 spiro atoms. The SMILES string of the molecule is COCC(C)n1cncc1CN. The Hall–Kier alpha value is -0.870. The number of ether oxygens (including phenoxy) is 1. The molecular weight excluding hydrogens is 154 g/mol. The first-order valence-electron chi connectivity index (χ1n) is 3.99. The van der Waals surface area contributed by atoms with Crippen molar-refractivity contribution in [3.63, 3.8) is 0 Å². The van der Waals surface area contributed by atoms with Gasteiger partial charge in [0.1, 0.15) is 0 Å². The number of nitrogens with two attached hydrogens (primary N) is 1. The fraction of sp³-hybridized carbons (Fsp3) is 0.625. The molecule has 1 unspecified atom stereocenters. The van der Waals surface area contributed by atoms with E-state index in [1.165, 1.54) is 0 Å². The highest BCUT2D eigenvalue weighted by Gasteiger charge is 2.06. The van der Waals surface area contributed by atoms with E-state index in [1.807, 2.05) is 4.57 Å². The molecule has 4 heteroatoms. The molecule has 1 heterocycles. The summed E-state index contributed by atoms with van der Waals surface area (Å²) in [5.74, 6) is 0. The molecule has 1 atom stereocenters. The van der Waals surface area contributed by atoms with Gasteiger partial charge in [0.05, 0.1) is 24.7 Å². The van der Waals surface area contributed by atoms with Crippen molar-refractivity contribution in [3.8, 4) is 0 Å². The highest BCUT2D eigenvalue weighted by atomic mass is 16.5. The molecule has 0 aliphatic heterocycles. The second-order valence-electron chi connectivity index (χ2n) is 2.80. The Morgan fingerprint density at radius 3 is 3.08 bits per heavy atom. The zero-order valence-corrected chi connectivity index (χ0v) is 7.53. The van der Waals surface area contributed by atoms with Gasteiger partial charge in [-0.3, -0.25) is 0 Å². The van der Waals surface area contributed by atoms with Gasteiger partial charge in [0, 0.05) is 19.9 Å². The van der Waals surface area contributed by atoms with Crippen LogP contribution < -0.4 is 5.73 Å². The standard InChI is InChI=1S/C8H15N3O/c1-7(5-12-2)11-6-10-4-8(11)3-9/h4,6-7H,3,5,9H2,1-2H3. The second kappa shape index (κ2) is 4.23. The third kappa shape index (κ3) is 1.84. The molecule has 0 aliphatic carbocycles. The first-order chi connectivity index (χ1) is 5.79. The zero-order chi connectivity index (χ0) is 8.97. The van der Waals surface area contributed by atoms with Crippen molar-refractivity contribution in [1.29, 1.82) is 0 Å². The van der Waals surface area contributed by atoms with Crippen molar-refractivity contribution in [2.24, 2.45) is 5.73 Å². The lowest BCUT2D eigenvalue weighted by Crippen LogP contribution is -2.14. The summed E-state index contributed by atoms with van der Waals surface area (Å²) < 4.78 is 7.07. The Morgan fingerprint density at radius 2 is 2.50 bits per heavy atom. The van der Waals surface area contributed by atoms with Crippen LogP contribution in [0.4, 0.5) is 0 Å². The fourth-order valence-electron chi connectivity index (χ4n) is 1.21. The number of imidazole rings is 1. The van der Waals surface area contributed by atoms with Gasteiger partial charge in [0.15, 0.2) is 0 Å². The molecule has 12 heavy (non-hydrogen) atoms. The Bertz CT molecular complexity index is 234. The Balaban J connectivity index is 2.71. The van der Waals surface area contributed by atoms with Crippen molar-refractivity contribution >= 4 is 0 Å². The van der Waals surface area contributed by atoms with Gasteiger partial charge in [-0.1, -0.05) is 0 Å². The van der Waals surface area contributed by atoms with E-state index < -0.39 is 0 Å². The average Bonchev–Trinajstić information content (AvgIpc) is 2.51. The molecule has 0 aromatic carbocycles. The van der Waals surface area contributed by atoms with Crippen LogP contribution in [0.3, 0.4) is 0 Å². The molecule has 0 bridgehead atoms. The van der Waals surface area contributed by atoms with Crippen LogP contribution in [-0.4, -0.2) is 23.3 Å². The van der Waals surface area contributed by atoms with E-state index in [9.17, 15) is 0 Å². The third-order valence-electron chi connectivity index (χ3n) is 1.84. The van der Waals surface area contributed by atoms with Gasteiger partial charge in [0.25, 0.3) is 0 Å². The molecule has 0 aliphatic rings. The topological polar surface area (TPSA) is 53.1 Å². The maximum atomic E-state index is 5.53. The Morgan fingerprint density at radius 1 is 1.75 bits per heavy atom. The molecule has 0 saturated carbocycles. The van der Waals surface area contributed by atoms with Crippen LogP contribution >= 0.6 is 0 Å². The van der Waals surface area contributed by atoms with Crippen molar-refractivity contribution in [2.45, 2.75) is 19.5 Å². The highest BCUT2D eigenvalue weighted by molar-refractivity contribution is 4.98. The van der Waals surface area contributed by atoms with E-state index in [0.29, 0.717) is 19.2 Å². The number of aromatic nitrogens is 2. The minimum atomic E-state index is 0.302. The largest absolute Gasteiger partial charge is 0.383 e. The Labute approximate surface area is 72.3 Å². The molecule has 0 amide bonds. The summed E-state index contributed by atoms with van der Waals surface area (Å²) in [7, 11) is 1.69. The van der Waals surface area contributed by atoms with Crippen LogP contribution in [-0.2, 0) is 11.3 Å². The number of hydrogen-bond acceptors (Lipinski definition) is 3. The lowest BCUT2D eigenvalue weighted by atomic mass is 10.3. The molecule has 4 nitrogen and oxygen atoms in total. The first kappa shape index (κ1) is 9.22. The van der Waals surface area contributed by atoms with E-state index in [4.69, 9.17) is 10.5 Å². The van der Waals surface area contributed by atoms with E-state index in [-0.39, 0.29) is 0 Å². The van der Waals surface area contributed by atoms with E-state index >= 15 is 0 Å². The molecule has 0 radical (unpaired) electrons. The van der Waals surface area contributed by atoms with E-state index in [1.54, 1.807) is 19.6 Å². The van der Waals surface area contributed by atoms with Gasteiger partial charge in [-0.25, -0.2) is 4.98 Å². The lowest BCUT2D eigenvalue weighted by Gasteiger charge is -2.14. The van der Waals surface area contributed by atoms with Crippen molar-refractivity contribution in [3.05, 3.63) is 18.2 Å². The highest BCUT2D eigenvalue weighted by Crippen LogP contribution is 2.08. The maximum Gasteiger partial charge on any atom is 0.0951 e. The summed E-state index contributed by atoms with van der Waals surface area (Å²) in [6.07, 6.45) is 3.57. The molecule has 0 fully saturated rings. The van der Waals surface area contributed by atoms with Gasteiger partial charge in [-0.2, -0.15) is 0 Å². The first-order valence-corrected chi connectivity index (χ1v) is 3.99. The third-order valence-corrected chi connectivity index (χ3v) is 1.84. The summed E-state index contributed by atoms with van der Waals surface area (Å²) in [6, 6.07) is 0.302. The van der Waals surface area contributed by atoms with Gasteiger partial charge in [0.2, 0.25) is 0 Å². The molecule has 1 rings (SSSR count). The average molecular weight is 169 g/mol. The molecule has 0 saturated heterocycles. The molecule has 2 N–H and O–H groups in total. The van der Waals surface area contributed by atoms with Crippen molar-refractivity contribution in [1.82, 2.24) is 9.55 Å². The number of rotatable bonds is 4. The van der Waals surface area contributed by atoms with Crippen LogP contribution in [0, 0.1) is 0 Å². The zero-order valence-electron chi connectivity index (χ0n) is 7.53.